The molecule has 3 heterocycles. The monoisotopic (exact) mass is 1100 g/mol. The van der Waals surface area contributed by atoms with Crippen LogP contribution in [0.5, 0.6) is 11.5 Å². The van der Waals surface area contributed by atoms with E-state index < -0.39 is 5.41 Å². The van der Waals surface area contributed by atoms with E-state index in [9.17, 15) is 0 Å². The summed E-state index contributed by atoms with van der Waals surface area (Å²) in [6, 6.07) is 73.9. The van der Waals surface area contributed by atoms with Crippen LogP contribution >= 0.6 is 0 Å². The lowest BCUT2D eigenvalue weighted by molar-refractivity contribution is 0.482. The number of para-hydroxylation sites is 4. The Labute approximate surface area is 497 Å². The minimum absolute atomic E-state index is 0.0577. The van der Waals surface area contributed by atoms with Gasteiger partial charge in [-0.25, -0.2) is 4.98 Å². The van der Waals surface area contributed by atoms with E-state index in [-0.39, 0.29) is 21.7 Å². The molecule has 6 heteroatoms. The van der Waals surface area contributed by atoms with Crippen molar-refractivity contribution >= 4 is 55.9 Å². The number of hydrogen-bond donors (Lipinski definition) is 1. The molecule has 6 nitrogen and oxygen atoms in total. The molecule has 0 fully saturated rings. The van der Waals surface area contributed by atoms with Crippen LogP contribution in [0.4, 0.5) is 34.1 Å². The summed E-state index contributed by atoms with van der Waals surface area (Å²) >= 11 is 0. The minimum Gasteiger partial charge on any atom is -0.457 e. The standard InChI is InChI=1S/C78H77N5O/c1-74(2,3)51-38-39-79-70(45-51)83-68-37-25-32-62-71(68)72-63(78(62)60-30-18-21-34-65(60)81(13)66-35-22-19-31-61(66)78)47-57(48-69(72)83)84-56-29-24-28-55(46-56)80-64-33-20-23-36-67(64)82(14)73-58(49-26-16-15-17-27-49)43-54(77(10,11)12)44-59(73)50-40-52(75(4,5)6)42-53(41-50)76(7,8)9/h15-48,80H,1-14H3. The van der Waals surface area contributed by atoms with Gasteiger partial charge in [0.25, 0.3) is 0 Å². The van der Waals surface area contributed by atoms with Crippen molar-refractivity contribution in [1.29, 1.82) is 0 Å². The van der Waals surface area contributed by atoms with Gasteiger partial charge in [-0.05, 0) is 150 Å². The molecule has 1 spiro atoms. The summed E-state index contributed by atoms with van der Waals surface area (Å²) < 4.78 is 9.64. The van der Waals surface area contributed by atoms with Crippen LogP contribution in [0, 0.1) is 0 Å². The number of nitrogens with one attached hydrogen (secondary N) is 1. The number of nitrogens with zero attached hydrogens (tertiary/aromatic N) is 4. The van der Waals surface area contributed by atoms with Gasteiger partial charge in [-0.15, -0.1) is 0 Å². The van der Waals surface area contributed by atoms with Crippen molar-refractivity contribution < 1.29 is 4.74 Å². The molecule has 0 bridgehead atoms. The second kappa shape index (κ2) is 19.6. The molecule has 11 aromatic rings. The van der Waals surface area contributed by atoms with Gasteiger partial charge in [-0.2, -0.15) is 0 Å². The van der Waals surface area contributed by atoms with Gasteiger partial charge in [-0.3, -0.25) is 4.57 Å². The lowest BCUT2D eigenvalue weighted by atomic mass is 9.64. The quantitative estimate of drug-likeness (QED) is 0.156. The van der Waals surface area contributed by atoms with E-state index in [2.05, 4.69) is 317 Å². The zero-order valence-electron chi connectivity index (χ0n) is 51.3. The van der Waals surface area contributed by atoms with Gasteiger partial charge in [0.05, 0.1) is 33.5 Å². The molecule has 420 valence electrons. The summed E-state index contributed by atoms with van der Waals surface area (Å²) in [5, 5.41) is 6.39. The molecule has 2 aliphatic rings. The Balaban J connectivity index is 0.949. The highest BCUT2D eigenvalue weighted by atomic mass is 16.5. The number of pyridine rings is 1. The lowest BCUT2D eigenvalue weighted by Gasteiger charge is -2.44. The first-order chi connectivity index (χ1) is 40.0. The molecule has 1 aliphatic carbocycles. The average molecular weight is 1100 g/mol. The van der Waals surface area contributed by atoms with Gasteiger partial charge in [-0.1, -0.05) is 198 Å². The van der Waals surface area contributed by atoms with E-state index in [1.54, 1.807) is 0 Å². The summed E-state index contributed by atoms with van der Waals surface area (Å²) in [6.45, 7) is 27.7. The minimum atomic E-state index is -0.613. The molecule has 0 atom stereocenters. The van der Waals surface area contributed by atoms with Gasteiger partial charge in [0.15, 0.2) is 0 Å². The Morgan fingerprint density at radius 1 is 0.452 bits per heavy atom. The first kappa shape index (κ1) is 54.4. The number of hydrogen-bond acceptors (Lipinski definition) is 5. The third-order valence-corrected chi connectivity index (χ3v) is 17.8. The number of rotatable bonds is 9. The summed E-state index contributed by atoms with van der Waals surface area (Å²) in [5.74, 6) is 2.36. The van der Waals surface area contributed by atoms with Gasteiger partial charge in [0.2, 0.25) is 0 Å². The highest BCUT2D eigenvalue weighted by Crippen LogP contribution is 2.63. The van der Waals surface area contributed by atoms with Crippen molar-refractivity contribution in [3.63, 3.8) is 0 Å². The molecule has 0 radical (unpaired) electrons. The Morgan fingerprint density at radius 3 is 1.67 bits per heavy atom. The molecule has 0 saturated carbocycles. The number of benzene rings is 9. The number of fused-ring (bicyclic) bond motifs is 6. The highest BCUT2D eigenvalue weighted by molar-refractivity contribution is 6.19. The van der Waals surface area contributed by atoms with E-state index >= 15 is 0 Å². The molecule has 2 aromatic heterocycles. The molecule has 1 aliphatic heterocycles. The lowest BCUT2D eigenvalue weighted by Crippen LogP contribution is -2.36. The summed E-state index contributed by atoms with van der Waals surface area (Å²) in [5.41, 5.74) is 22.7. The number of anilines is 6. The smallest absolute Gasteiger partial charge is 0.137 e. The molecule has 84 heavy (non-hydrogen) atoms. The number of aromatic nitrogens is 2. The zero-order valence-corrected chi connectivity index (χ0v) is 51.3. The van der Waals surface area contributed by atoms with E-state index in [0.29, 0.717) is 0 Å². The Kier molecular flexibility index (Phi) is 12.7. The van der Waals surface area contributed by atoms with E-state index in [1.165, 1.54) is 88.9 Å². The van der Waals surface area contributed by atoms with Gasteiger partial charge in [0.1, 0.15) is 17.3 Å². The molecule has 0 saturated heterocycles. The van der Waals surface area contributed by atoms with Crippen molar-refractivity contribution in [2.45, 2.75) is 110 Å². The first-order valence-electron chi connectivity index (χ1n) is 29.8. The van der Waals surface area contributed by atoms with Gasteiger partial charge >= 0.3 is 0 Å². The van der Waals surface area contributed by atoms with E-state index in [4.69, 9.17) is 9.72 Å². The second-order valence-electron chi connectivity index (χ2n) is 27.6. The summed E-state index contributed by atoms with van der Waals surface area (Å²) in [4.78, 5) is 9.87. The summed E-state index contributed by atoms with van der Waals surface area (Å²) in [6.07, 6.45) is 1.96. The maximum Gasteiger partial charge on any atom is 0.137 e. The molecular weight excluding hydrogens is 1020 g/mol. The zero-order chi connectivity index (χ0) is 58.8. The fourth-order valence-electron chi connectivity index (χ4n) is 13.3. The second-order valence-corrected chi connectivity index (χ2v) is 27.6. The topological polar surface area (TPSA) is 45.6 Å². The molecule has 13 rings (SSSR count). The molecular formula is C78H77N5O. The molecule has 1 N–H and O–H groups in total. The Hall–Kier alpha value is -8.87. The summed E-state index contributed by atoms with van der Waals surface area (Å²) in [7, 11) is 4.42. The van der Waals surface area contributed by atoms with E-state index in [0.717, 1.165) is 51.1 Å². The van der Waals surface area contributed by atoms with Crippen LogP contribution in [-0.2, 0) is 27.1 Å². The van der Waals surface area contributed by atoms with Crippen LogP contribution in [0.25, 0.3) is 49.9 Å². The van der Waals surface area contributed by atoms with Crippen LogP contribution in [0.3, 0.4) is 0 Å². The first-order valence-corrected chi connectivity index (χ1v) is 29.8. The van der Waals surface area contributed by atoms with Gasteiger partial charge in [0, 0.05) is 71.4 Å². The maximum atomic E-state index is 7.28. The van der Waals surface area contributed by atoms with Crippen LogP contribution < -0.4 is 19.9 Å². The van der Waals surface area contributed by atoms with Crippen molar-refractivity contribution in [2.75, 3.05) is 29.2 Å². The van der Waals surface area contributed by atoms with Crippen LogP contribution in [0.2, 0.25) is 0 Å². The van der Waals surface area contributed by atoms with Crippen LogP contribution in [0.1, 0.15) is 128 Å². The third kappa shape index (κ3) is 8.95. The van der Waals surface area contributed by atoms with Crippen LogP contribution in [-0.4, -0.2) is 23.6 Å². The predicted octanol–water partition coefficient (Wildman–Crippen LogP) is 20.8. The molecule has 0 unspecified atom stereocenters. The Bertz CT molecular complexity index is 4320. The van der Waals surface area contributed by atoms with Crippen LogP contribution in [0.15, 0.2) is 206 Å². The fraction of sp³-hybridized carbons (Fsp3) is 0.244. The highest BCUT2D eigenvalue weighted by Gasteiger charge is 2.51. The number of ether oxygens (including phenoxy) is 1. The Morgan fingerprint density at radius 2 is 1.01 bits per heavy atom. The largest absolute Gasteiger partial charge is 0.457 e. The van der Waals surface area contributed by atoms with Crippen molar-refractivity contribution in [1.82, 2.24) is 9.55 Å². The SMILES string of the molecule is CN1c2ccccc2C2(c3ccccc31)c1cccc3c1c1c2cc(Oc2cccc(Nc4ccccc4N(C)c4c(-c5ccccc5)cc(C(C)(C)C)cc4-c4cc(C(C)(C)C)cc(C(C)(C)C)c4)c2)cc1n3-c1cc(C(C)(C)C)ccn1. The maximum absolute atomic E-state index is 7.28. The van der Waals surface area contributed by atoms with E-state index in [1.807, 2.05) is 6.20 Å². The third-order valence-electron chi connectivity index (χ3n) is 17.8. The predicted molar refractivity (Wildman–Crippen MR) is 355 cm³/mol. The van der Waals surface area contributed by atoms with Gasteiger partial charge < -0.3 is 19.9 Å². The normalized spacial score (nSPS) is 13.7. The van der Waals surface area contributed by atoms with Crippen molar-refractivity contribution in [3.8, 4) is 39.6 Å². The average Bonchev–Trinajstić information content (AvgIpc) is 1.49. The molecule has 0 amide bonds. The fourth-order valence-corrected chi connectivity index (χ4v) is 13.3. The molecule has 9 aromatic carbocycles. The van der Waals surface area contributed by atoms with Crippen molar-refractivity contribution in [2.24, 2.45) is 0 Å². The van der Waals surface area contributed by atoms with Crippen molar-refractivity contribution in [3.05, 3.63) is 251 Å².